The van der Waals surface area contributed by atoms with Crippen molar-refractivity contribution in [3.8, 4) is 0 Å². The first kappa shape index (κ1) is 65.9. The van der Waals surface area contributed by atoms with E-state index in [9.17, 15) is 19.4 Å². The molecule has 0 saturated carbocycles. The average molecular weight is 974 g/mol. The smallest absolute Gasteiger partial charge is 0.268 e. The van der Waals surface area contributed by atoms with E-state index in [-0.39, 0.29) is 12.5 Å². The van der Waals surface area contributed by atoms with Crippen LogP contribution in [-0.4, -0.2) is 68.5 Å². The van der Waals surface area contributed by atoms with Gasteiger partial charge in [-0.05, 0) is 77.6 Å². The molecule has 0 heterocycles. The van der Waals surface area contributed by atoms with E-state index in [1.54, 1.807) is 6.08 Å². The second-order valence-corrected chi connectivity index (χ2v) is 21.7. The Morgan fingerprint density at radius 2 is 0.926 bits per heavy atom. The molecule has 0 spiro atoms. The van der Waals surface area contributed by atoms with Crippen molar-refractivity contribution >= 4 is 13.7 Å². The molecule has 0 saturated heterocycles. The molecule has 0 aromatic rings. The maximum Gasteiger partial charge on any atom is 0.268 e. The van der Waals surface area contributed by atoms with E-state index in [1.165, 1.54) is 167 Å². The summed E-state index contributed by atoms with van der Waals surface area (Å²) in [5.41, 5.74) is 0. The number of nitrogens with one attached hydrogen (secondary N) is 1. The number of quaternary nitrogens is 1. The van der Waals surface area contributed by atoms with Crippen molar-refractivity contribution in [2.24, 2.45) is 0 Å². The molecule has 0 fully saturated rings. The Bertz CT molecular complexity index is 1330. The van der Waals surface area contributed by atoms with Crippen LogP contribution in [0.15, 0.2) is 72.9 Å². The number of unbranched alkanes of at least 4 members (excludes halogenated alkanes) is 29. The summed E-state index contributed by atoms with van der Waals surface area (Å²) in [4.78, 5) is 25.3. The van der Waals surface area contributed by atoms with Gasteiger partial charge in [-0.2, -0.15) is 0 Å². The van der Waals surface area contributed by atoms with Crippen molar-refractivity contribution in [3.63, 3.8) is 0 Å². The van der Waals surface area contributed by atoms with Gasteiger partial charge in [0.25, 0.3) is 7.82 Å². The summed E-state index contributed by atoms with van der Waals surface area (Å²) < 4.78 is 23.2. The minimum Gasteiger partial charge on any atom is -0.756 e. The molecule has 8 nitrogen and oxygen atoms in total. The highest BCUT2D eigenvalue weighted by Crippen LogP contribution is 2.38. The molecule has 9 heteroatoms. The van der Waals surface area contributed by atoms with E-state index in [1.807, 2.05) is 40.2 Å². The van der Waals surface area contributed by atoms with Crippen LogP contribution in [0.3, 0.4) is 0 Å². The normalized spacial score (nSPS) is 14.5. The molecule has 68 heavy (non-hydrogen) atoms. The number of hydrogen-bond donors (Lipinski definition) is 2. The zero-order chi connectivity index (χ0) is 49.9. The highest BCUT2D eigenvalue weighted by Gasteiger charge is 2.23. The summed E-state index contributed by atoms with van der Waals surface area (Å²) in [6.07, 6.45) is 69.0. The number of phosphoric acid groups is 1. The first-order valence-corrected chi connectivity index (χ1v) is 29.7. The van der Waals surface area contributed by atoms with Crippen molar-refractivity contribution < 1.29 is 32.9 Å². The van der Waals surface area contributed by atoms with E-state index in [0.717, 1.165) is 57.8 Å². The average Bonchev–Trinajstić information content (AvgIpc) is 3.30. The minimum atomic E-state index is -4.60. The Hall–Kier alpha value is -2.06. The molecule has 0 rings (SSSR count). The number of phosphoric ester groups is 1. The molecule has 0 aliphatic carbocycles. The van der Waals surface area contributed by atoms with Gasteiger partial charge >= 0.3 is 0 Å². The van der Waals surface area contributed by atoms with Gasteiger partial charge in [0.2, 0.25) is 5.91 Å². The molecule has 2 N–H and O–H groups in total. The van der Waals surface area contributed by atoms with E-state index in [4.69, 9.17) is 9.05 Å². The number of aliphatic hydroxyl groups excluding tert-OH is 1. The maximum absolute atomic E-state index is 12.9. The molecular weight excluding hydrogens is 864 g/mol. The fourth-order valence-electron chi connectivity index (χ4n) is 8.02. The van der Waals surface area contributed by atoms with Gasteiger partial charge in [-0.1, -0.05) is 234 Å². The van der Waals surface area contributed by atoms with Crippen LogP contribution in [0.25, 0.3) is 0 Å². The fourth-order valence-corrected chi connectivity index (χ4v) is 8.75. The van der Waals surface area contributed by atoms with E-state index in [2.05, 4.69) is 66.9 Å². The largest absolute Gasteiger partial charge is 0.756 e. The van der Waals surface area contributed by atoms with Crippen molar-refractivity contribution in [1.82, 2.24) is 5.32 Å². The lowest BCUT2D eigenvalue weighted by Gasteiger charge is -2.29. The third-order valence-corrected chi connectivity index (χ3v) is 13.4. The quantitative estimate of drug-likeness (QED) is 0.0272. The van der Waals surface area contributed by atoms with Crippen molar-refractivity contribution in [2.45, 2.75) is 257 Å². The van der Waals surface area contributed by atoms with Crippen LogP contribution in [0.1, 0.15) is 245 Å². The molecule has 3 unspecified atom stereocenters. The predicted molar refractivity (Wildman–Crippen MR) is 293 cm³/mol. The van der Waals surface area contributed by atoms with Crippen LogP contribution in [-0.2, 0) is 18.4 Å². The first-order valence-electron chi connectivity index (χ1n) is 28.3. The molecule has 0 radical (unpaired) electrons. The van der Waals surface area contributed by atoms with Crippen LogP contribution in [0.5, 0.6) is 0 Å². The van der Waals surface area contributed by atoms with Crippen molar-refractivity contribution in [3.05, 3.63) is 72.9 Å². The molecule has 0 aromatic heterocycles. The van der Waals surface area contributed by atoms with E-state index < -0.39 is 26.6 Å². The van der Waals surface area contributed by atoms with Gasteiger partial charge in [-0.3, -0.25) is 9.36 Å². The van der Waals surface area contributed by atoms with Crippen LogP contribution in [0.2, 0.25) is 0 Å². The predicted octanol–water partition coefficient (Wildman–Crippen LogP) is 16.5. The van der Waals surface area contributed by atoms with Gasteiger partial charge in [0, 0.05) is 6.42 Å². The zero-order valence-corrected chi connectivity index (χ0v) is 45.9. The monoisotopic (exact) mass is 973 g/mol. The number of aliphatic hydroxyl groups is 1. The van der Waals surface area contributed by atoms with Gasteiger partial charge in [-0.15, -0.1) is 0 Å². The standard InChI is InChI=1S/C59H109N2O6P/c1-6-8-10-12-14-16-17-18-19-20-21-22-23-24-25-26-27-28-29-30-31-32-33-34-35-36-37-38-39-40-41-42-43-45-47-49-51-53-59(63)60-57(56-67-68(64,65)66-55-54-61(3,4)5)58(62)52-50-48-46-44-15-13-11-9-7-2/h7,9,15,17-18,20-21,23-24,44,50,52,57-58,62H,6,8,10-14,16,19,22,25-43,45-49,51,53-56H2,1-5H3,(H-,60,63,64,65)/b9-7+,18-17-,21-20-,24-23-,44-15+,52-50+. The summed E-state index contributed by atoms with van der Waals surface area (Å²) >= 11 is 0. The number of carbonyl (C=O) groups is 1. The van der Waals surface area contributed by atoms with Crippen LogP contribution >= 0.6 is 7.82 Å². The third-order valence-electron chi connectivity index (χ3n) is 12.5. The molecule has 396 valence electrons. The molecule has 0 aromatic carbocycles. The molecule has 0 aliphatic heterocycles. The maximum atomic E-state index is 12.9. The van der Waals surface area contributed by atoms with Crippen LogP contribution in [0, 0.1) is 0 Å². The van der Waals surface area contributed by atoms with Gasteiger partial charge in [0.15, 0.2) is 0 Å². The lowest BCUT2D eigenvalue weighted by atomic mass is 10.0. The molecular formula is C59H109N2O6P. The summed E-state index contributed by atoms with van der Waals surface area (Å²) in [6.45, 7) is 4.37. The molecule has 0 aliphatic rings. The summed E-state index contributed by atoms with van der Waals surface area (Å²) in [6, 6.07) is -0.908. The third kappa shape index (κ3) is 51.8. The van der Waals surface area contributed by atoms with Gasteiger partial charge in [-0.25, -0.2) is 0 Å². The lowest BCUT2D eigenvalue weighted by Crippen LogP contribution is -2.45. The van der Waals surface area contributed by atoms with E-state index in [0.29, 0.717) is 17.4 Å². The van der Waals surface area contributed by atoms with Gasteiger partial charge in [0.1, 0.15) is 13.2 Å². The minimum absolute atomic E-state index is 0.0104. The number of nitrogens with zero attached hydrogens (tertiary/aromatic N) is 1. The summed E-state index contributed by atoms with van der Waals surface area (Å²) in [7, 11) is 1.23. The first-order chi connectivity index (χ1) is 33.0. The van der Waals surface area contributed by atoms with Crippen LogP contribution in [0.4, 0.5) is 0 Å². The zero-order valence-electron chi connectivity index (χ0n) is 45.0. The number of likely N-dealkylation sites (N-methyl/N-ethyl adjacent to an activating group) is 1. The Morgan fingerprint density at radius 1 is 0.544 bits per heavy atom. The summed E-state index contributed by atoms with van der Waals surface area (Å²) in [5, 5.41) is 13.7. The fraction of sp³-hybridized carbons (Fsp3) is 0.780. The second kappa shape index (κ2) is 49.9. The highest BCUT2D eigenvalue weighted by atomic mass is 31.2. The highest BCUT2D eigenvalue weighted by molar-refractivity contribution is 7.45. The number of carbonyl (C=O) groups excluding carboxylic acids is 1. The molecule has 1 amide bonds. The number of rotatable bonds is 51. The Balaban J connectivity index is 3.87. The second-order valence-electron chi connectivity index (χ2n) is 20.3. The number of hydrogen-bond acceptors (Lipinski definition) is 6. The Labute approximate surface area is 421 Å². The SMILES string of the molecule is C/C=C/CC/C=C/CC/C=C/C(O)C(COP(=O)([O-])OCC[N+](C)(C)C)NC(=O)CCCCCCCCCCCCCCCCCCCCCCCC/C=C\C/C=C\C/C=C\CCCCCCC. The molecule has 0 bridgehead atoms. The Kier molecular flexibility index (Phi) is 48.4. The van der Waals surface area contributed by atoms with E-state index >= 15 is 0 Å². The Morgan fingerprint density at radius 3 is 1.37 bits per heavy atom. The van der Waals surface area contributed by atoms with Crippen molar-refractivity contribution in [2.75, 3.05) is 40.9 Å². The summed E-state index contributed by atoms with van der Waals surface area (Å²) in [5.74, 6) is -0.214. The molecule has 3 atom stereocenters. The van der Waals surface area contributed by atoms with Gasteiger partial charge < -0.3 is 28.8 Å². The van der Waals surface area contributed by atoms with Gasteiger partial charge in [0.05, 0.1) is 39.9 Å². The lowest BCUT2D eigenvalue weighted by molar-refractivity contribution is -0.870. The number of amides is 1. The van der Waals surface area contributed by atoms with Crippen LogP contribution < -0.4 is 10.2 Å². The topological polar surface area (TPSA) is 108 Å². The number of allylic oxidation sites excluding steroid dienone is 11. The van der Waals surface area contributed by atoms with Crippen molar-refractivity contribution in [1.29, 1.82) is 0 Å².